The van der Waals surface area contributed by atoms with Crippen molar-refractivity contribution in [3.63, 3.8) is 0 Å². The van der Waals surface area contributed by atoms with Crippen LogP contribution in [-0.2, 0) is 6.42 Å². The van der Waals surface area contributed by atoms with Crippen LogP contribution in [0.3, 0.4) is 0 Å². The summed E-state index contributed by atoms with van der Waals surface area (Å²) in [6, 6.07) is 18.3. The summed E-state index contributed by atoms with van der Waals surface area (Å²) in [6.07, 6.45) is 2.92. The van der Waals surface area contributed by atoms with Crippen molar-refractivity contribution in [1.82, 2.24) is 4.98 Å². The van der Waals surface area contributed by atoms with Crippen molar-refractivity contribution in [2.75, 3.05) is 0 Å². The van der Waals surface area contributed by atoms with Crippen LogP contribution in [0.4, 0.5) is 0 Å². The molecule has 0 aliphatic heterocycles. The third-order valence-corrected chi connectivity index (χ3v) is 3.83. The van der Waals surface area contributed by atoms with E-state index in [0.29, 0.717) is 0 Å². The third-order valence-electron chi connectivity index (χ3n) is 3.83. The maximum absolute atomic E-state index is 10.5. The maximum Gasteiger partial charge on any atom is 0.0799 e. The Hall–Kier alpha value is -2.19. The zero-order chi connectivity index (χ0) is 14.7. The number of hydrogen-bond donors (Lipinski definition) is 1. The van der Waals surface area contributed by atoms with Gasteiger partial charge in [-0.3, -0.25) is 4.98 Å². The van der Waals surface area contributed by atoms with Gasteiger partial charge < -0.3 is 5.11 Å². The van der Waals surface area contributed by atoms with Crippen molar-refractivity contribution in [1.29, 1.82) is 0 Å². The van der Waals surface area contributed by atoms with Crippen molar-refractivity contribution >= 4 is 10.9 Å². The Morgan fingerprint density at radius 3 is 2.76 bits per heavy atom. The minimum atomic E-state index is -0.460. The molecule has 2 nitrogen and oxygen atoms in total. The Balaban J connectivity index is 1.79. The van der Waals surface area contributed by atoms with E-state index in [4.69, 9.17) is 0 Å². The lowest BCUT2D eigenvalue weighted by atomic mass is 9.97. The Bertz CT molecular complexity index is 746. The number of nitrogens with zero attached hydrogens (tertiary/aromatic N) is 1. The van der Waals surface area contributed by atoms with Crippen LogP contribution in [0.5, 0.6) is 0 Å². The van der Waals surface area contributed by atoms with Gasteiger partial charge in [-0.05, 0) is 43.0 Å². The number of aryl methyl sites for hydroxylation is 2. The summed E-state index contributed by atoms with van der Waals surface area (Å²) >= 11 is 0. The van der Waals surface area contributed by atoms with Crippen LogP contribution in [0, 0.1) is 6.92 Å². The van der Waals surface area contributed by atoms with Crippen molar-refractivity contribution in [3.8, 4) is 0 Å². The highest BCUT2D eigenvalue weighted by Gasteiger charge is 2.11. The van der Waals surface area contributed by atoms with Crippen molar-refractivity contribution < 1.29 is 5.11 Å². The molecule has 0 fully saturated rings. The smallest absolute Gasteiger partial charge is 0.0799 e. The summed E-state index contributed by atoms with van der Waals surface area (Å²) in [5.74, 6) is 0. The van der Waals surface area contributed by atoms with Gasteiger partial charge in [0.2, 0.25) is 0 Å². The molecule has 0 saturated carbocycles. The van der Waals surface area contributed by atoms with Crippen molar-refractivity contribution in [2.24, 2.45) is 0 Å². The van der Waals surface area contributed by atoms with Gasteiger partial charge >= 0.3 is 0 Å². The fourth-order valence-corrected chi connectivity index (χ4v) is 2.74. The SMILES string of the molecule is Cc1cccc(CCC(O)c2cccc3ncccc23)c1. The largest absolute Gasteiger partial charge is 0.388 e. The maximum atomic E-state index is 10.5. The number of aromatic nitrogens is 1. The molecule has 21 heavy (non-hydrogen) atoms. The summed E-state index contributed by atoms with van der Waals surface area (Å²) < 4.78 is 0. The Labute approximate surface area is 125 Å². The molecule has 0 amide bonds. The molecule has 0 saturated heterocycles. The van der Waals surface area contributed by atoms with Gasteiger partial charge in [-0.1, -0.05) is 48.0 Å². The quantitative estimate of drug-likeness (QED) is 0.775. The fraction of sp³-hybridized carbons (Fsp3) is 0.211. The molecular formula is C19H19NO. The lowest BCUT2D eigenvalue weighted by Gasteiger charge is -2.13. The van der Waals surface area contributed by atoms with Crippen molar-refractivity contribution in [2.45, 2.75) is 25.9 Å². The number of hydrogen-bond acceptors (Lipinski definition) is 2. The second-order valence-corrected chi connectivity index (χ2v) is 5.46. The molecule has 106 valence electrons. The molecule has 0 radical (unpaired) electrons. The summed E-state index contributed by atoms with van der Waals surface area (Å²) in [5.41, 5.74) is 4.43. The molecule has 1 aromatic heterocycles. The Kier molecular flexibility index (Phi) is 3.98. The van der Waals surface area contributed by atoms with Crippen LogP contribution in [0.15, 0.2) is 60.8 Å². The summed E-state index contributed by atoms with van der Waals surface area (Å²) in [6.45, 7) is 2.09. The second kappa shape index (κ2) is 6.06. The number of pyridine rings is 1. The van der Waals surface area contributed by atoms with E-state index in [9.17, 15) is 5.11 Å². The molecule has 2 heteroatoms. The predicted molar refractivity (Wildman–Crippen MR) is 86.2 cm³/mol. The van der Waals surface area contributed by atoms with Gasteiger partial charge in [-0.15, -0.1) is 0 Å². The molecule has 1 atom stereocenters. The molecule has 1 unspecified atom stereocenters. The fourth-order valence-electron chi connectivity index (χ4n) is 2.74. The third kappa shape index (κ3) is 3.11. The first-order valence-corrected chi connectivity index (χ1v) is 7.31. The van der Waals surface area contributed by atoms with E-state index in [0.717, 1.165) is 29.3 Å². The number of aliphatic hydroxyl groups is 1. The molecule has 3 aromatic rings. The first-order valence-electron chi connectivity index (χ1n) is 7.31. The second-order valence-electron chi connectivity index (χ2n) is 5.46. The van der Waals surface area contributed by atoms with E-state index >= 15 is 0 Å². The summed E-state index contributed by atoms with van der Waals surface area (Å²) in [5, 5.41) is 11.6. The topological polar surface area (TPSA) is 33.1 Å². The Morgan fingerprint density at radius 1 is 1.05 bits per heavy atom. The van der Waals surface area contributed by atoms with Crippen LogP contribution in [0.2, 0.25) is 0 Å². The van der Waals surface area contributed by atoms with E-state index in [1.54, 1.807) is 6.20 Å². The van der Waals surface area contributed by atoms with Gasteiger partial charge in [0, 0.05) is 11.6 Å². The molecule has 1 heterocycles. The van der Waals surface area contributed by atoms with E-state index in [-0.39, 0.29) is 0 Å². The Morgan fingerprint density at radius 2 is 1.90 bits per heavy atom. The molecule has 0 spiro atoms. The molecule has 0 aliphatic carbocycles. The zero-order valence-corrected chi connectivity index (χ0v) is 12.2. The van der Waals surface area contributed by atoms with Crippen LogP contribution in [0.25, 0.3) is 10.9 Å². The number of aliphatic hydroxyl groups excluding tert-OH is 1. The van der Waals surface area contributed by atoms with E-state index in [2.05, 4.69) is 36.2 Å². The highest BCUT2D eigenvalue weighted by molar-refractivity contribution is 5.82. The van der Waals surface area contributed by atoms with Gasteiger partial charge in [0.1, 0.15) is 0 Å². The summed E-state index contributed by atoms with van der Waals surface area (Å²) in [4.78, 5) is 4.34. The van der Waals surface area contributed by atoms with Gasteiger partial charge in [0.15, 0.2) is 0 Å². The van der Waals surface area contributed by atoms with E-state index in [1.165, 1.54) is 11.1 Å². The molecule has 0 bridgehead atoms. The molecule has 1 N–H and O–H groups in total. The van der Waals surface area contributed by atoms with Crippen LogP contribution in [-0.4, -0.2) is 10.1 Å². The average Bonchev–Trinajstić information content (AvgIpc) is 2.52. The lowest BCUT2D eigenvalue weighted by Crippen LogP contribution is -2.01. The van der Waals surface area contributed by atoms with Gasteiger partial charge in [-0.2, -0.15) is 0 Å². The average molecular weight is 277 g/mol. The zero-order valence-electron chi connectivity index (χ0n) is 12.2. The first-order chi connectivity index (χ1) is 10.2. The number of rotatable bonds is 4. The van der Waals surface area contributed by atoms with Crippen LogP contribution >= 0.6 is 0 Å². The van der Waals surface area contributed by atoms with E-state index < -0.39 is 6.10 Å². The van der Waals surface area contributed by atoms with Gasteiger partial charge in [-0.25, -0.2) is 0 Å². The first kappa shape index (κ1) is 13.8. The van der Waals surface area contributed by atoms with Gasteiger partial charge in [0.25, 0.3) is 0 Å². The molecule has 3 rings (SSSR count). The number of benzene rings is 2. The summed E-state index contributed by atoms with van der Waals surface area (Å²) in [7, 11) is 0. The van der Waals surface area contributed by atoms with Crippen LogP contribution < -0.4 is 0 Å². The minimum Gasteiger partial charge on any atom is -0.388 e. The van der Waals surface area contributed by atoms with E-state index in [1.807, 2.05) is 30.3 Å². The number of fused-ring (bicyclic) bond motifs is 1. The normalized spacial score (nSPS) is 12.5. The minimum absolute atomic E-state index is 0.460. The standard InChI is InChI=1S/C19H19NO/c1-14-5-2-6-15(13-14)10-11-19(21)17-7-3-9-18-16(17)8-4-12-20-18/h2-9,12-13,19,21H,10-11H2,1H3. The molecule has 2 aromatic carbocycles. The monoisotopic (exact) mass is 277 g/mol. The highest BCUT2D eigenvalue weighted by atomic mass is 16.3. The van der Waals surface area contributed by atoms with Crippen molar-refractivity contribution in [3.05, 3.63) is 77.5 Å². The molecular weight excluding hydrogens is 258 g/mol. The predicted octanol–water partition coefficient (Wildman–Crippen LogP) is 4.21. The molecule has 0 aliphatic rings. The van der Waals surface area contributed by atoms with Crippen LogP contribution in [0.1, 0.15) is 29.2 Å². The lowest BCUT2D eigenvalue weighted by molar-refractivity contribution is 0.169. The highest BCUT2D eigenvalue weighted by Crippen LogP contribution is 2.26. The van der Waals surface area contributed by atoms with Gasteiger partial charge in [0.05, 0.1) is 11.6 Å².